The lowest BCUT2D eigenvalue weighted by molar-refractivity contribution is -0.135. The third-order valence-electron chi connectivity index (χ3n) is 5.43. The highest BCUT2D eigenvalue weighted by molar-refractivity contribution is 5.82. The van der Waals surface area contributed by atoms with Crippen LogP contribution in [0.4, 0.5) is 0 Å². The number of nitrogens with zero attached hydrogens (tertiary/aromatic N) is 6. The van der Waals surface area contributed by atoms with E-state index in [-0.39, 0.29) is 11.9 Å². The second kappa shape index (κ2) is 9.86. The Balaban J connectivity index is 1.50. The van der Waals surface area contributed by atoms with Gasteiger partial charge >= 0.3 is 0 Å². The number of amides is 1. The first-order valence-electron chi connectivity index (χ1n) is 10.4. The summed E-state index contributed by atoms with van der Waals surface area (Å²) in [6, 6.07) is -0.0412. The van der Waals surface area contributed by atoms with Gasteiger partial charge in [-0.25, -0.2) is 0 Å². The number of rotatable bonds is 6. The average molecular weight is 392 g/mol. The number of nitrogens with one attached hydrogen (secondary N) is 1. The van der Waals surface area contributed by atoms with Crippen molar-refractivity contribution in [3.05, 3.63) is 11.7 Å². The number of aryl methyl sites for hydroxylation is 1. The molecule has 28 heavy (non-hydrogen) atoms. The summed E-state index contributed by atoms with van der Waals surface area (Å²) >= 11 is 0. The molecule has 0 spiro atoms. The average Bonchev–Trinajstić information content (AvgIpc) is 3.38. The van der Waals surface area contributed by atoms with Crippen molar-refractivity contribution in [2.45, 2.75) is 46.1 Å². The van der Waals surface area contributed by atoms with Crippen LogP contribution in [0.5, 0.6) is 0 Å². The number of hydrogen-bond acceptors (Lipinski definition) is 6. The van der Waals surface area contributed by atoms with Crippen LogP contribution in [0.3, 0.4) is 0 Å². The molecule has 0 bridgehead atoms. The minimum atomic E-state index is -0.0412. The van der Waals surface area contributed by atoms with Crippen LogP contribution in [-0.2, 0) is 11.2 Å². The van der Waals surface area contributed by atoms with Gasteiger partial charge in [0.25, 0.3) is 0 Å². The molecule has 0 saturated carbocycles. The quantitative estimate of drug-likeness (QED) is 0.558. The maximum Gasteiger partial charge on any atom is 0.239 e. The lowest BCUT2D eigenvalue weighted by atomic mass is 10.2. The van der Waals surface area contributed by atoms with Crippen molar-refractivity contribution in [1.82, 2.24) is 30.2 Å². The van der Waals surface area contributed by atoms with E-state index in [1.807, 2.05) is 18.7 Å². The Hall–Kier alpha value is -2.16. The molecule has 2 aliphatic heterocycles. The lowest BCUT2D eigenvalue weighted by Gasteiger charge is -2.39. The molecule has 1 N–H and O–H groups in total. The molecule has 1 aromatic rings. The summed E-state index contributed by atoms with van der Waals surface area (Å²) in [5.74, 6) is 2.47. The van der Waals surface area contributed by atoms with Crippen molar-refractivity contribution in [3.63, 3.8) is 0 Å². The normalized spacial score (nSPS) is 19.9. The highest BCUT2D eigenvalue weighted by Crippen LogP contribution is 2.14. The molecule has 1 unspecified atom stereocenters. The van der Waals surface area contributed by atoms with E-state index in [1.54, 1.807) is 0 Å². The summed E-state index contributed by atoms with van der Waals surface area (Å²) in [5, 5.41) is 7.18. The molecule has 1 atom stereocenters. The molecule has 9 nitrogen and oxygen atoms in total. The van der Waals surface area contributed by atoms with E-state index in [2.05, 4.69) is 32.2 Å². The Kier molecular flexibility index (Phi) is 7.24. The van der Waals surface area contributed by atoms with Crippen LogP contribution in [-0.4, -0.2) is 95.1 Å². The maximum atomic E-state index is 12.7. The molecule has 0 radical (unpaired) electrons. The zero-order valence-corrected chi connectivity index (χ0v) is 17.4. The van der Waals surface area contributed by atoms with E-state index in [0.29, 0.717) is 24.7 Å². The fraction of sp³-hybridized carbons (Fsp3) is 0.789. The van der Waals surface area contributed by atoms with Crippen LogP contribution in [0.2, 0.25) is 0 Å². The Morgan fingerprint density at radius 3 is 2.50 bits per heavy atom. The fourth-order valence-corrected chi connectivity index (χ4v) is 3.80. The van der Waals surface area contributed by atoms with E-state index < -0.39 is 0 Å². The second-order valence-corrected chi connectivity index (χ2v) is 7.45. The van der Waals surface area contributed by atoms with Gasteiger partial charge in [-0.15, -0.1) is 0 Å². The number of guanidine groups is 1. The number of carbonyl (C=O) groups is 1. The molecule has 2 fully saturated rings. The number of aromatic nitrogens is 2. The van der Waals surface area contributed by atoms with Crippen molar-refractivity contribution in [3.8, 4) is 0 Å². The van der Waals surface area contributed by atoms with Crippen molar-refractivity contribution in [1.29, 1.82) is 0 Å². The Morgan fingerprint density at radius 1 is 1.18 bits per heavy atom. The number of carbonyl (C=O) groups excluding carboxylic acids is 1. The van der Waals surface area contributed by atoms with Crippen LogP contribution in [0.25, 0.3) is 0 Å². The molecule has 9 heteroatoms. The van der Waals surface area contributed by atoms with Gasteiger partial charge in [0.05, 0.1) is 12.6 Å². The third kappa shape index (κ3) is 5.21. The van der Waals surface area contributed by atoms with Crippen molar-refractivity contribution in [2.75, 3.05) is 52.4 Å². The van der Waals surface area contributed by atoms with Crippen molar-refractivity contribution < 1.29 is 9.32 Å². The van der Waals surface area contributed by atoms with Gasteiger partial charge in [-0.1, -0.05) is 5.16 Å². The summed E-state index contributed by atoms with van der Waals surface area (Å²) in [7, 11) is 0. The predicted molar refractivity (Wildman–Crippen MR) is 107 cm³/mol. The van der Waals surface area contributed by atoms with Crippen molar-refractivity contribution >= 4 is 11.9 Å². The van der Waals surface area contributed by atoms with Crippen LogP contribution in [0, 0.1) is 6.92 Å². The zero-order chi connectivity index (χ0) is 19.9. The highest BCUT2D eigenvalue weighted by atomic mass is 16.5. The summed E-state index contributed by atoms with van der Waals surface area (Å²) in [6.45, 7) is 12.7. The molecule has 1 aromatic heterocycles. The Morgan fingerprint density at radius 2 is 1.89 bits per heavy atom. The first kappa shape index (κ1) is 20.6. The van der Waals surface area contributed by atoms with Crippen LogP contribution < -0.4 is 5.32 Å². The van der Waals surface area contributed by atoms with Crippen LogP contribution in [0.15, 0.2) is 9.52 Å². The van der Waals surface area contributed by atoms with Gasteiger partial charge in [-0.05, 0) is 33.6 Å². The topological polar surface area (TPSA) is 90.1 Å². The van der Waals surface area contributed by atoms with E-state index in [1.165, 1.54) is 0 Å². The molecule has 1 amide bonds. The van der Waals surface area contributed by atoms with Gasteiger partial charge in [-0.2, -0.15) is 4.98 Å². The van der Waals surface area contributed by atoms with E-state index in [9.17, 15) is 4.79 Å². The Bertz CT molecular complexity index is 661. The zero-order valence-electron chi connectivity index (χ0n) is 17.4. The summed E-state index contributed by atoms with van der Waals surface area (Å²) in [4.78, 5) is 28.2. The fourth-order valence-electron chi connectivity index (χ4n) is 3.80. The van der Waals surface area contributed by atoms with Gasteiger partial charge in [-0.3, -0.25) is 14.7 Å². The minimum Gasteiger partial charge on any atom is -0.357 e. The first-order valence-corrected chi connectivity index (χ1v) is 10.4. The summed E-state index contributed by atoms with van der Waals surface area (Å²) in [5.41, 5.74) is 0. The number of piperazine rings is 1. The molecule has 156 valence electrons. The molecule has 2 saturated heterocycles. The van der Waals surface area contributed by atoms with Gasteiger partial charge in [0.15, 0.2) is 11.8 Å². The highest BCUT2D eigenvalue weighted by Gasteiger charge is 2.30. The summed E-state index contributed by atoms with van der Waals surface area (Å²) in [6.07, 6.45) is 2.91. The van der Waals surface area contributed by atoms with E-state index in [0.717, 1.165) is 64.6 Å². The van der Waals surface area contributed by atoms with Gasteiger partial charge in [0, 0.05) is 52.2 Å². The number of hydrogen-bond donors (Lipinski definition) is 1. The van der Waals surface area contributed by atoms with Crippen LogP contribution in [0.1, 0.15) is 38.4 Å². The maximum absolute atomic E-state index is 12.7. The van der Waals surface area contributed by atoms with E-state index >= 15 is 0 Å². The SMILES string of the molecule is CCNC(=NCCc1nc(C)no1)N1CCN(C(C)C(=O)N2CCCC2)CC1. The van der Waals surface area contributed by atoms with Gasteiger partial charge < -0.3 is 19.6 Å². The molecule has 2 aliphatic rings. The molecular weight excluding hydrogens is 358 g/mol. The molecular formula is C19H33N7O2. The molecule has 3 rings (SSSR count). The third-order valence-corrected chi connectivity index (χ3v) is 5.43. The second-order valence-electron chi connectivity index (χ2n) is 7.45. The molecule has 3 heterocycles. The first-order chi connectivity index (χ1) is 13.6. The van der Waals surface area contributed by atoms with E-state index in [4.69, 9.17) is 9.52 Å². The number of likely N-dealkylation sites (tertiary alicyclic amines) is 1. The van der Waals surface area contributed by atoms with Gasteiger partial charge in [0.2, 0.25) is 11.8 Å². The predicted octanol–water partition coefficient (Wildman–Crippen LogP) is 0.515. The standard InChI is InChI=1S/C19H33N7O2/c1-4-20-19(21-8-7-17-22-16(3)23-28-17)26-13-11-24(12-14-26)15(2)18(27)25-9-5-6-10-25/h15H,4-14H2,1-3H3,(H,20,21). The summed E-state index contributed by atoms with van der Waals surface area (Å²) < 4.78 is 5.15. The lowest BCUT2D eigenvalue weighted by Crippen LogP contribution is -2.57. The smallest absolute Gasteiger partial charge is 0.239 e. The van der Waals surface area contributed by atoms with Gasteiger partial charge in [0.1, 0.15) is 0 Å². The minimum absolute atomic E-state index is 0.0412. The monoisotopic (exact) mass is 391 g/mol. The molecule has 0 aliphatic carbocycles. The number of aliphatic imine (C=N–C) groups is 1. The Labute approximate surface area is 167 Å². The largest absolute Gasteiger partial charge is 0.357 e. The van der Waals surface area contributed by atoms with Crippen molar-refractivity contribution in [2.24, 2.45) is 4.99 Å². The van der Waals surface area contributed by atoms with Crippen LogP contribution >= 0.6 is 0 Å². The molecule has 0 aromatic carbocycles.